The lowest BCUT2D eigenvalue weighted by atomic mass is 10.1. The van der Waals surface area contributed by atoms with Crippen molar-refractivity contribution >= 4 is 23.4 Å². The van der Waals surface area contributed by atoms with Gasteiger partial charge in [-0.05, 0) is 56.2 Å². The smallest absolute Gasteiger partial charge is 0.240 e. The number of nitrogens with zero attached hydrogens (tertiary/aromatic N) is 1. The topological polar surface area (TPSA) is 20.3 Å². The molecular weight excluding hydrogens is 297 g/mol. The van der Waals surface area contributed by atoms with Gasteiger partial charge in [0.1, 0.15) is 5.82 Å². The lowest BCUT2D eigenvalue weighted by molar-refractivity contribution is -0.118. The van der Waals surface area contributed by atoms with E-state index in [2.05, 4.69) is 13.0 Å². The van der Waals surface area contributed by atoms with Crippen molar-refractivity contribution in [2.24, 2.45) is 0 Å². The molecule has 0 aliphatic carbocycles. The van der Waals surface area contributed by atoms with Gasteiger partial charge in [0.2, 0.25) is 5.91 Å². The molecule has 114 valence electrons. The minimum atomic E-state index is -0.259. The van der Waals surface area contributed by atoms with Crippen molar-refractivity contribution in [3.63, 3.8) is 0 Å². The number of carbonyl (C=O) groups excluding carboxylic acids is 1. The van der Waals surface area contributed by atoms with Gasteiger partial charge < -0.3 is 4.90 Å². The lowest BCUT2D eigenvalue weighted by Crippen LogP contribution is -2.40. The van der Waals surface area contributed by atoms with Crippen LogP contribution >= 0.6 is 11.8 Å². The zero-order chi connectivity index (χ0) is 15.7. The van der Waals surface area contributed by atoms with Crippen molar-refractivity contribution in [3.8, 4) is 0 Å². The van der Waals surface area contributed by atoms with Gasteiger partial charge in [0.15, 0.2) is 0 Å². The quantitative estimate of drug-likeness (QED) is 0.788. The molecule has 2 nitrogen and oxygen atoms in total. The van der Waals surface area contributed by atoms with E-state index < -0.39 is 0 Å². The summed E-state index contributed by atoms with van der Waals surface area (Å²) in [4.78, 5) is 15.6. The molecule has 2 atom stereocenters. The monoisotopic (exact) mass is 315 g/mol. The molecule has 0 N–H and O–H groups in total. The summed E-state index contributed by atoms with van der Waals surface area (Å²) in [6.45, 7) is 3.98. The van der Waals surface area contributed by atoms with Gasteiger partial charge >= 0.3 is 0 Å². The number of rotatable bonds is 3. The van der Waals surface area contributed by atoms with E-state index in [0.29, 0.717) is 0 Å². The number of para-hydroxylation sites is 1. The van der Waals surface area contributed by atoms with Crippen LogP contribution in [0.4, 0.5) is 10.1 Å². The third-order valence-electron chi connectivity index (χ3n) is 3.92. The summed E-state index contributed by atoms with van der Waals surface area (Å²) in [6.07, 6.45) is 0.899. The van der Waals surface area contributed by atoms with Crippen LogP contribution in [0.3, 0.4) is 0 Å². The fourth-order valence-electron chi connectivity index (χ4n) is 2.86. The number of anilines is 1. The second kappa shape index (κ2) is 6.13. The van der Waals surface area contributed by atoms with Gasteiger partial charge in [-0.1, -0.05) is 18.2 Å². The second-order valence-electron chi connectivity index (χ2n) is 5.60. The third-order valence-corrected chi connectivity index (χ3v) is 5.02. The maximum absolute atomic E-state index is 13.0. The van der Waals surface area contributed by atoms with Crippen molar-refractivity contribution in [1.82, 2.24) is 0 Å². The van der Waals surface area contributed by atoms with Crippen molar-refractivity contribution in [2.75, 3.05) is 4.90 Å². The molecule has 0 spiro atoms. The first-order valence-corrected chi connectivity index (χ1v) is 8.27. The van der Waals surface area contributed by atoms with Crippen LogP contribution in [0.15, 0.2) is 53.4 Å². The molecule has 0 unspecified atom stereocenters. The summed E-state index contributed by atoms with van der Waals surface area (Å²) in [7, 11) is 0. The molecule has 22 heavy (non-hydrogen) atoms. The summed E-state index contributed by atoms with van der Waals surface area (Å²) < 4.78 is 13.0. The number of hydrogen-bond acceptors (Lipinski definition) is 2. The molecule has 0 radical (unpaired) electrons. The number of hydrogen-bond donors (Lipinski definition) is 0. The lowest BCUT2D eigenvalue weighted by Gasteiger charge is -2.25. The van der Waals surface area contributed by atoms with Crippen LogP contribution in [-0.2, 0) is 11.2 Å². The summed E-state index contributed by atoms with van der Waals surface area (Å²) in [5.41, 5.74) is 2.24. The zero-order valence-corrected chi connectivity index (χ0v) is 13.4. The van der Waals surface area contributed by atoms with E-state index in [1.165, 1.54) is 29.5 Å². The molecule has 2 aromatic rings. The predicted octanol–water partition coefficient (Wildman–Crippen LogP) is 4.28. The number of fused-ring (bicyclic) bond motifs is 1. The molecule has 1 aliphatic heterocycles. The maximum atomic E-state index is 13.0. The van der Waals surface area contributed by atoms with Crippen LogP contribution in [0, 0.1) is 5.82 Å². The number of amides is 1. The summed E-state index contributed by atoms with van der Waals surface area (Å²) >= 11 is 1.47. The van der Waals surface area contributed by atoms with E-state index in [1.54, 1.807) is 12.1 Å². The van der Waals surface area contributed by atoms with Gasteiger partial charge in [0.25, 0.3) is 0 Å². The van der Waals surface area contributed by atoms with Crippen LogP contribution in [0.25, 0.3) is 0 Å². The van der Waals surface area contributed by atoms with Crippen molar-refractivity contribution in [3.05, 3.63) is 59.9 Å². The molecule has 1 aliphatic rings. The fraction of sp³-hybridized carbons (Fsp3) is 0.278. The zero-order valence-electron chi connectivity index (χ0n) is 12.6. The fourth-order valence-corrected chi connectivity index (χ4v) is 3.78. The number of benzene rings is 2. The molecule has 0 fully saturated rings. The highest BCUT2D eigenvalue weighted by molar-refractivity contribution is 8.00. The predicted molar refractivity (Wildman–Crippen MR) is 88.8 cm³/mol. The minimum Gasteiger partial charge on any atom is -0.308 e. The Bertz CT molecular complexity index is 686. The van der Waals surface area contributed by atoms with Crippen molar-refractivity contribution in [1.29, 1.82) is 0 Å². The first kappa shape index (κ1) is 15.1. The Morgan fingerprint density at radius 2 is 1.91 bits per heavy atom. The molecule has 0 saturated heterocycles. The number of thioether (sulfide) groups is 1. The number of carbonyl (C=O) groups is 1. The van der Waals surface area contributed by atoms with Gasteiger partial charge in [-0.25, -0.2) is 4.39 Å². The van der Waals surface area contributed by atoms with E-state index >= 15 is 0 Å². The van der Waals surface area contributed by atoms with Gasteiger partial charge in [0, 0.05) is 16.6 Å². The van der Waals surface area contributed by atoms with Crippen LogP contribution in [0.2, 0.25) is 0 Å². The van der Waals surface area contributed by atoms with E-state index in [4.69, 9.17) is 0 Å². The average Bonchev–Trinajstić information content (AvgIpc) is 2.84. The van der Waals surface area contributed by atoms with Crippen molar-refractivity contribution in [2.45, 2.75) is 36.5 Å². The van der Waals surface area contributed by atoms with Gasteiger partial charge in [-0.15, -0.1) is 11.8 Å². The molecule has 0 saturated carbocycles. The van der Waals surface area contributed by atoms with Crippen LogP contribution in [0.1, 0.15) is 19.4 Å². The molecular formula is C18H18FNOS. The maximum Gasteiger partial charge on any atom is 0.240 e. The standard InChI is InChI=1S/C18H18FNOS/c1-12-11-14-5-3-4-6-17(14)20(12)18(21)13(2)22-16-9-7-15(19)8-10-16/h3-10,12-13H,11H2,1-2H3/t12-,13-/m1/s1. The molecule has 1 amide bonds. The Morgan fingerprint density at radius 3 is 2.64 bits per heavy atom. The van der Waals surface area contributed by atoms with Crippen LogP contribution < -0.4 is 4.90 Å². The average molecular weight is 315 g/mol. The second-order valence-corrected chi connectivity index (χ2v) is 7.02. The van der Waals surface area contributed by atoms with E-state index in [1.807, 2.05) is 30.0 Å². The number of halogens is 1. The highest BCUT2D eigenvalue weighted by atomic mass is 32.2. The Morgan fingerprint density at radius 1 is 1.23 bits per heavy atom. The highest BCUT2D eigenvalue weighted by Crippen LogP contribution is 2.34. The first-order chi connectivity index (χ1) is 10.6. The van der Waals surface area contributed by atoms with Gasteiger partial charge in [-0.3, -0.25) is 4.79 Å². The van der Waals surface area contributed by atoms with Gasteiger partial charge in [0.05, 0.1) is 5.25 Å². The van der Waals surface area contributed by atoms with E-state index in [0.717, 1.165) is 17.0 Å². The molecule has 0 aromatic heterocycles. The summed E-state index contributed by atoms with van der Waals surface area (Å²) in [5, 5.41) is -0.209. The van der Waals surface area contributed by atoms with E-state index in [9.17, 15) is 9.18 Å². The molecule has 0 bridgehead atoms. The molecule has 4 heteroatoms. The summed E-state index contributed by atoms with van der Waals surface area (Å²) in [5.74, 6) is -0.155. The Hall–Kier alpha value is -1.81. The molecule has 1 heterocycles. The Kier molecular flexibility index (Phi) is 4.21. The largest absolute Gasteiger partial charge is 0.308 e. The normalized spacial score (nSPS) is 18.1. The summed E-state index contributed by atoms with van der Waals surface area (Å²) in [6, 6.07) is 14.5. The van der Waals surface area contributed by atoms with Crippen LogP contribution in [0.5, 0.6) is 0 Å². The Labute approximate surface area is 134 Å². The van der Waals surface area contributed by atoms with Crippen molar-refractivity contribution < 1.29 is 9.18 Å². The molecule has 3 rings (SSSR count). The van der Waals surface area contributed by atoms with Gasteiger partial charge in [-0.2, -0.15) is 0 Å². The third kappa shape index (κ3) is 2.88. The Balaban J connectivity index is 1.77. The van der Waals surface area contributed by atoms with Crippen LogP contribution in [-0.4, -0.2) is 17.2 Å². The minimum absolute atomic E-state index is 0.103. The molecule has 2 aromatic carbocycles. The SMILES string of the molecule is C[C@@H]1Cc2ccccc2N1C(=O)[C@@H](C)Sc1ccc(F)cc1. The highest BCUT2D eigenvalue weighted by Gasteiger charge is 2.33. The first-order valence-electron chi connectivity index (χ1n) is 7.39. The van der Waals surface area contributed by atoms with E-state index in [-0.39, 0.29) is 23.0 Å².